The van der Waals surface area contributed by atoms with Crippen LogP contribution in [0.4, 0.5) is 11.4 Å². The molecular formula is C20H20N4O3. The molecule has 1 heterocycles. The minimum atomic E-state index is -0.559. The Morgan fingerprint density at radius 2 is 1.78 bits per heavy atom. The number of aromatic nitrogens is 2. The van der Waals surface area contributed by atoms with Gasteiger partial charge < -0.3 is 5.32 Å². The van der Waals surface area contributed by atoms with Gasteiger partial charge in [0.05, 0.1) is 28.5 Å². The number of para-hydroxylation sites is 1. The minimum Gasteiger partial charge on any atom is -0.319 e. The molecule has 0 unspecified atom stereocenters. The molecule has 0 aliphatic rings. The smallest absolute Gasteiger partial charge is 0.282 e. The molecule has 0 radical (unpaired) electrons. The van der Waals surface area contributed by atoms with Crippen LogP contribution in [-0.2, 0) is 6.54 Å². The second kappa shape index (κ2) is 7.41. The third kappa shape index (κ3) is 3.72. The van der Waals surface area contributed by atoms with Crippen molar-refractivity contribution >= 4 is 17.3 Å². The van der Waals surface area contributed by atoms with E-state index in [0.717, 1.165) is 16.8 Å². The molecule has 0 saturated heterocycles. The summed E-state index contributed by atoms with van der Waals surface area (Å²) in [4.78, 5) is 23.2. The summed E-state index contributed by atoms with van der Waals surface area (Å²) in [7, 11) is 0. The molecule has 0 bridgehead atoms. The Bertz CT molecular complexity index is 1020. The molecule has 0 fully saturated rings. The largest absolute Gasteiger partial charge is 0.319 e. The minimum absolute atomic E-state index is 0.0213. The molecule has 1 aromatic heterocycles. The normalized spacial score (nSPS) is 10.6. The average molecular weight is 364 g/mol. The van der Waals surface area contributed by atoms with Gasteiger partial charge in [-0.25, -0.2) is 0 Å². The van der Waals surface area contributed by atoms with Gasteiger partial charge in [-0.05, 0) is 38.0 Å². The van der Waals surface area contributed by atoms with E-state index in [0.29, 0.717) is 17.9 Å². The molecule has 3 aromatic rings. The van der Waals surface area contributed by atoms with Crippen LogP contribution >= 0.6 is 0 Å². The van der Waals surface area contributed by atoms with E-state index in [9.17, 15) is 14.9 Å². The van der Waals surface area contributed by atoms with Crippen molar-refractivity contribution < 1.29 is 9.72 Å². The Balaban J connectivity index is 1.89. The standard InChI is InChI=1S/C20H20N4O3/c1-13-8-4-5-9-16(13)12-23-15(3)19(14(2)22-23)21-20(25)17-10-6-7-11-18(17)24(26)27/h4-11H,12H2,1-3H3,(H,21,25). The zero-order chi connectivity index (χ0) is 19.6. The first-order valence-corrected chi connectivity index (χ1v) is 8.51. The molecule has 0 spiro atoms. The number of nitro benzene ring substituents is 1. The zero-order valence-corrected chi connectivity index (χ0v) is 15.4. The number of amides is 1. The van der Waals surface area contributed by atoms with Gasteiger partial charge in [0.25, 0.3) is 11.6 Å². The molecule has 0 aliphatic carbocycles. The van der Waals surface area contributed by atoms with Crippen LogP contribution in [0.15, 0.2) is 48.5 Å². The van der Waals surface area contributed by atoms with Gasteiger partial charge in [-0.1, -0.05) is 36.4 Å². The number of nitrogens with zero attached hydrogens (tertiary/aromatic N) is 3. The van der Waals surface area contributed by atoms with Crippen LogP contribution in [-0.4, -0.2) is 20.6 Å². The van der Waals surface area contributed by atoms with E-state index in [1.165, 1.54) is 18.2 Å². The fourth-order valence-corrected chi connectivity index (χ4v) is 2.99. The van der Waals surface area contributed by atoms with Crippen molar-refractivity contribution in [1.29, 1.82) is 0 Å². The van der Waals surface area contributed by atoms with Crippen molar-refractivity contribution in [2.45, 2.75) is 27.3 Å². The number of hydrogen-bond acceptors (Lipinski definition) is 4. The molecule has 1 amide bonds. The summed E-state index contributed by atoms with van der Waals surface area (Å²) in [5.74, 6) is -0.524. The van der Waals surface area contributed by atoms with Crippen LogP contribution < -0.4 is 5.32 Å². The molecule has 7 nitrogen and oxygen atoms in total. The lowest BCUT2D eigenvalue weighted by Gasteiger charge is -2.09. The molecule has 0 aliphatic heterocycles. The van der Waals surface area contributed by atoms with Crippen molar-refractivity contribution in [1.82, 2.24) is 9.78 Å². The summed E-state index contributed by atoms with van der Waals surface area (Å²) < 4.78 is 1.83. The molecule has 7 heteroatoms. The number of carbonyl (C=O) groups is 1. The van der Waals surface area contributed by atoms with Gasteiger partial charge in [0, 0.05) is 6.07 Å². The summed E-state index contributed by atoms with van der Waals surface area (Å²) >= 11 is 0. The van der Waals surface area contributed by atoms with E-state index >= 15 is 0 Å². The Hall–Kier alpha value is -3.48. The number of aryl methyl sites for hydroxylation is 2. The maximum Gasteiger partial charge on any atom is 0.282 e. The topological polar surface area (TPSA) is 90.1 Å². The summed E-state index contributed by atoms with van der Waals surface area (Å²) in [6.07, 6.45) is 0. The Labute approximate surface area is 156 Å². The third-order valence-corrected chi connectivity index (χ3v) is 4.55. The number of nitro groups is 1. The van der Waals surface area contributed by atoms with Gasteiger partial charge in [0.1, 0.15) is 5.56 Å². The first-order valence-electron chi connectivity index (χ1n) is 8.51. The molecule has 2 aromatic carbocycles. The highest BCUT2D eigenvalue weighted by molar-refractivity contribution is 6.07. The van der Waals surface area contributed by atoms with E-state index < -0.39 is 10.8 Å². The van der Waals surface area contributed by atoms with Gasteiger partial charge in [0.2, 0.25) is 0 Å². The monoisotopic (exact) mass is 364 g/mol. The van der Waals surface area contributed by atoms with Crippen molar-refractivity contribution in [2.75, 3.05) is 5.32 Å². The predicted molar refractivity (Wildman–Crippen MR) is 103 cm³/mol. The molecule has 1 N–H and O–H groups in total. The number of hydrogen-bond donors (Lipinski definition) is 1. The quantitative estimate of drug-likeness (QED) is 0.547. The Kier molecular flexibility index (Phi) is 5.03. The van der Waals surface area contributed by atoms with E-state index in [1.807, 2.05) is 42.8 Å². The van der Waals surface area contributed by atoms with Crippen molar-refractivity contribution in [2.24, 2.45) is 0 Å². The van der Waals surface area contributed by atoms with E-state index in [4.69, 9.17) is 0 Å². The number of rotatable bonds is 5. The van der Waals surface area contributed by atoms with E-state index in [1.54, 1.807) is 13.0 Å². The van der Waals surface area contributed by atoms with Crippen molar-refractivity contribution in [3.8, 4) is 0 Å². The van der Waals surface area contributed by atoms with E-state index in [2.05, 4.69) is 10.4 Å². The maximum absolute atomic E-state index is 12.6. The maximum atomic E-state index is 12.6. The van der Waals surface area contributed by atoms with Gasteiger partial charge in [-0.3, -0.25) is 19.6 Å². The first kappa shape index (κ1) is 18.3. The molecule has 138 valence electrons. The second-order valence-corrected chi connectivity index (χ2v) is 6.36. The Morgan fingerprint density at radius 3 is 2.48 bits per heavy atom. The van der Waals surface area contributed by atoms with E-state index in [-0.39, 0.29) is 11.3 Å². The summed E-state index contributed by atoms with van der Waals surface area (Å²) in [6, 6.07) is 13.9. The summed E-state index contributed by atoms with van der Waals surface area (Å²) in [6.45, 7) is 6.29. The predicted octanol–water partition coefficient (Wildman–Crippen LogP) is 4.02. The SMILES string of the molecule is Cc1ccccc1Cn1nc(C)c(NC(=O)c2ccccc2[N+](=O)[O-])c1C. The molecule has 3 rings (SSSR count). The van der Waals surface area contributed by atoms with Crippen LogP contribution in [0.5, 0.6) is 0 Å². The highest BCUT2D eigenvalue weighted by Gasteiger charge is 2.22. The van der Waals surface area contributed by atoms with Gasteiger partial charge in [-0.15, -0.1) is 0 Å². The van der Waals surface area contributed by atoms with Gasteiger partial charge >= 0.3 is 0 Å². The fourth-order valence-electron chi connectivity index (χ4n) is 2.99. The van der Waals surface area contributed by atoms with Crippen LogP contribution in [0.25, 0.3) is 0 Å². The zero-order valence-electron chi connectivity index (χ0n) is 15.4. The Morgan fingerprint density at radius 1 is 1.11 bits per heavy atom. The number of benzene rings is 2. The number of anilines is 1. The second-order valence-electron chi connectivity index (χ2n) is 6.36. The first-order chi connectivity index (χ1) is 12.9. The summed E-state index contributed by atoms with van der Waals surface area (Å²) in [5.41, 5.74) is 4.13. The molecule has 0 atom stereocenters. The number of nitrogens with one attached hydrogen (secondary N) is 1. The molecular weight excluding hydrogens is 344 g/mol. The summed E-state index contributed by atoms with van der Waals surface area (Å²) in [5, 5.41) is 18.5. The highest BCUT2D eigenvalue weighted by atomic mass is 16.6. The molecule has 27 heavy (non-hydrogen) atoms. The van der Waals surface area contributed by atoms with Crippen LogP contribution in [0.2, 0.25) is 0 Å². The lowest BCUT2D eigenvalue weighted by Crippen LogP contribution is -2.15. The van der Waals surface area contributed by atoms with Gasteiger partial charge in [-0.2, -0.15) is 5.10 Å². The number of carbonyl (C=O) groups excluding carboxylic acids is 1. The van der Waals surface area contributed by atoms with Crippen molar-refractivity contribution in [3.05, 3.63) is 86.7 Å². The average Bonchev–Trinajstić information content (AvgIpc) is 2.91. The lowest BCUT2D eigenvalue weighted by atomic mass is 10.1. The highest BCUT2D eigenvalue weighted by Crippen LogP contribution is 2.24. The van der Waals surface area contributed by atoms with Gasteiger partial charge in [0.15, 0.2) is 0 Å². The fraction of sp³-hybridized carbons (Fsp3) is 0.200. The lowest BCUT2D eigenvalue weighted by molar-refractivity contribution is -0.385. The van der Waals surface area contributed by atoms with Crippen LogP contribution in [0, 0.1) is 30.9 Å². The van der Waals surface area contributed by atoms with Crippen molar-refractivity contribution in [3.63, 3.8) is 0 Å². The third-order valence-electron chi connectivity index (χ3n) is 4.55. The molecule has 0 saturated carbocycles. The van der Waals surface area contributed by atoms with Crippen LogP contribution in [0.1, 0.15) is 32.9 Å². The van der Waals surface area contributed by atoms with Crippen LogP contribution in [0.3, 0.4) is 0 Å².